The average molecular weight is 2050 g/mol. The topological polar surface area (TPSA) is 272 Å². The van der Waals surface area contributed by atoms with Gasteiger partial charge >= 0.3 is 24.7 Å². The second-order valence-electron chi connectivity index (χ2n) is 22.7. The van der Waals surface area contributed by atoms with E-state index in [0.29, 0.717) is 46.0 Å². The Morgan fingerprint density at radius 2 is 0.808 bits per heavy atom. The van der Waals surface area contributed by atoms with E-state index in [1.54, 1.807) is 128 Å². The van der Waals surface area contributed by atoms with Crippen molar-refractivity contribution < 1.29 is 169 Å². The van der Waals surface area contributed by atoms with E-state index in [-0.39, 0.29) is 127 Å². The predicted octanol–water partition coefficient (Wildman–Crippen LogP) is 23.1. The number of anilines is 2. The van der Waals surface area contributed by atoms with E-state index in [2.05, 4.69) is 42.4 Å². The Morgan fingerprint density at radius 3 is 1.07 bits per heavy atom. The quantitative estimate of drug-likeness (QED) is 0.0141. The molecule has 20 nitrogen and oxygen atoms in total. The van der Waals surface area contributed by atoms with E-state index in [4.69, 9.17) is 15.8 Å². The molecule has 1 amide bonds. The summed E-state index contributed by atoms with van der Waals surface area (Å²) in [5, 5.41) is 41.8. The van der Waals surface area contributed by atoms with Gasteiger partial charge in [-0.3, -0.25) is 40.1 Å². The van der Waals surface area contributed by atoms with Crippen LogP contribution in [0.5, 0.6) is 0 Å². The number of hydrogen-bond acceptors (Lipinski definition) is 12. The first kappa shape index (κ1) is 121. The number of alkyl halides is 13. The maximum atomic E-state index is 13.3. The van der Waals surface area contributed by atoms with Crippen LogP contribution in [0, 0.1) is 55.5 Å². The maximum Gasteiger partial charge on any atom is 0.449 e. The molecule has 125 heavy (non-hydrogen) atoms. The van der Waals surface area contributed by atoms with Crippen molar-refractivity contribution in [1.82, 2.24) is 18.2 Å². The number of halogens is 15. The number of nitrogens with two attached hydrogens (primary N) is 1. The maximum absolute atomic E-state index is 13.3. The van der Waals surface area contributed by atoms with E-state index >= 15 is 0 Å². The Hall–Kier alpha value is -10.4. The zero-order chi connectivity index (χ0) is 93.1. The molecule has 0 saturated heterocycles. The van der Waals surface area contributed by atoms with Gasteiger partial charge in [0.05, 0.1) is 61.0 Å². The Morgan fingerprint density at radius 1 is 0.512 bits per heavy atom. The molecule has 2 radical (unpaired) electrons. The third-order valence-corrected chi connectivity index (χ3v) is 15.7. The number of fused-ring (bicyclic) bond motifs is 3. The van der Waals surface area contributed by atoms with Gasteiger partial charge in [-0.2, -0.15) is 68.3 Å². The standard InChI is InChI=1S/C16H10F3N2O.C15H9F3N2O2.C15H11F3N2.C13H13N2O2.C7H6BrNO2.C6H7N.C3H3F3O.C2H3N.5C2H6.CClO.BrH.2Y/c17-16(18,19)14-9-13-3-1-2-8-21(13)15(14)11-4-6-12(7-5-11)20-10-22;16-15(17,18)13-9-12-3-1-2-8-19(12)14(13)10-4-6-11(7-5-10)20(21)22;16-15(17,18)13-9-12-3-1-2-8-20(12)14(13)10-4-6-11(19)7-5-10;1-11-4-2-3-9-14(11)10-12-5-7-13(8-6-12)15(16)17;8-5-6-1-3-7(4-2-6)9(10)11;1-6-4-2-3-5-7-6;1-2(7)3(4,5)6;1-2-3;5*1-2;2-1-3;;;/h1-9H,(H,20,22);1-9H;1-9H,19H2;2-9H,10H2,1H3;1-4H,5H2;2-5H,1H3;1H3;1H3;5*1-2H3;;1H;;/q-1;;;+1;;;;;;;;;;-1;;;/p-1. The number of hydrogen-bond donors (Lipinski definition) is 2. The number of aromatic nitrogens is 5. The molecule has 3 N–H and O–H groups in total. The molecule has 5 aromatic carbocycles. The third-order valence-electron chi connectivity index (χ3n) is 15.0. The number of nitrogens with one attached hydrogen (secondary N) is 1. The summed E-state index contributed by atoms with van der Waals surface area (Å²) in [5.41, 5.74) is 11.6. The molecule has 0 fully saturated rings. The van der Waals surface area contributed by atoms with Crippen molar-refractivity contribution in [2.45, 2.75) is 134 Å². The smallest absolute Gasteiger partial charge is 0.449 e. The number of pyridine rings is 5. The number of nitrogens with zero attached hydrogens (tertiary/aromatic N) is 9. The molecule has 8 heterocycles. The van der Waals surface area contributed by atoms with Gasteiger partial charge in [-0.05, 0) is 132 Å². The molecule has 0 unspecified atom stereocenters. The largest absolute Gasteiger partial charge is 1.00 e. The summed E-state index contributed by atoms with van der Waals surface area (Å²) >= 11 is 7.44. The first-order chi connectivity index (χ1) is 57.9. The number of carbonyl (C=O) groups excluding carboxylic acids is 3. The number of non-ortho nitro benzene ring substituents is 3. The van der Waals surface area contributed by atoms with Crippen LogP contribution in [0.1, 0.15) is 122 Å². The minimum Gasteiger partial charge on any atom is -1.00 e. The summed E-state index contributed by atoms with van der Waals surface area (Å²) in [4.78, 5) is 62.0. The van der Waals surface area contributed by atoms with Crippen molar-refractivity contribution in [3.63, 3.8) is 0 Å². The number of aryl methyl sites for hydroxylation is 2. The molecule has 13 rings (SSSR count). The first-order valence-corrected chi connectivity index (χ1v) is 38.5. The fourth-order valence-corrected chi connectivity index (χ4v) is 10.2. The van der Waals surface area contributed by atoms with Gasteiger partial charge in [0.15, 0.2) is 18.4 Å². The van der Waals surface area contributed by atoms with Crippen LogP contribution < -0.4 is 32.6 Å². The number of amides is 1. The minimum atomic E-state index is -4.64. The summed E-state index contributed by atoms with van der Waals surface area (Å²) in [6.07, 6.45) is -7.96. The van der Waals surface area contributed by atoms with E-state index in [1.165, 1.54) is 106 Å². The SMILES string of the molecule is CC.CC.CC.CC.CC.CC#N.CC(=O)C(F)(F)F.Cc1cccc[n+]1Cc1ccc([N+](=O)[O-])cc1.Cc1ccccn1.Nc1ccc(-c2c(C(F)(F)F)cc3ccccn23)cc1.O=[C-]Cl.O=[C-]Nc1ccc(-c2c(C(F)(F)F)cc3ccccn23)cc1.O=[N+]([O-])c1ccc(-c2c(C(F)(F)F)cc3ccccn23)cc1.O=[N+]([O-])c1ccc(CBr)cc1.[Br-].[Y].[Y]. The molecule has 0 bridgehead atoms. The third kappa shape index (κ3) is 41.5. The zero-order valence-electron chi connectivity index (χ0n) is 70.3. The van der Waals surface area contributed by atoms with Crippen molar-refractivity contribution in [2.24, 2.45) is 0 Å². The number of nitrogen functional groups attached to an aromatic ring is 1. The van der Waals surface area contributed by atoms with Gasteiger partial charge in [-0.25, -0.2) is 0 Å². The second kappa shape index (κ2) is 63.5. The summed E-state index contributed by atoms with van der Waals surface area (Å²) in [6.45, 7) is 26.6. The number of Topliss-reactive ketones (excluding diaryl/α,β-unsaturated/α-hetero) is 1. The Bertz CT molecular complexity index is 5320. The number of nitriles is 1. The van der Waals surface area contributed by atoms with Crippen LogP contribution in [0.15, 0.2) is 262 Å². The second-order valence-corrected chi connectivity index (χ2v) is 23.4. The van der Waals surface area contributed by atoms with Crippen molar-refractivity contribution in [1.29, 1.82) is 5.26 Å². The molecular weight excluding hydrogens is 1960 g/mol. The van der Waals surface area contributed by atoms with Gasteiger partial charge in [0.2, 0.25) is 5.78 Å². The van der Waals surface area contributed by atoms with E-state index < -0.39 is 57.0 Å². The van der Waals surface area contributed by atoms with E-state index in [9.17, 15) is 92.6 Å². The van der Waals surface area contributed by atoms with Crippen LogP contribution in [0.25, 0.3) is 50.3 Å². The van der Waals surface area contributed by atoms with Crippen LogP contribution in [-0.2, 0) is 110 Å². The van der Waals surface area contributed by atoms with Crippen LogP contribution in [0.4, 0.5) is 81.1 Å². The first-order valence-electron chi connectivity index (χ1n) is 37.0. The van der Waals surface area contributed by atoms with Crippen molar-refractivity contribution in [3.05, 3.63) is 331 Å². The van der Waals surface area contributed by atoms with Gasteiger partial charge in [0, 0.05) is 198 Å². The van der Waals surface area contributed by atoms with Gasteiger partial charge in [0.1, 0.15) is 0 Å². The summed E-state index contributed by atoms with van der Waals surface area (Å²) in [6, 6.07) is 62.5. The molecule has 0 saturated carbocycles. The fourth-order valence-electron chi connectivity index (χ4n) is 9.87. The Kier molecular flexibility index (Phi) is 61.4. The number of ketones is 1. The average Bonchev–Trinajstić information content (AvgIpc) is 1.63. The normalized spacial score (nSPS) is 9.78. The van der Waals surface area contributed by atoms with Gasteiger partial charge in [-0.15, -0.1) is 17.8 Å². The van der Waals surface area contributed by atoms with Gasteiger partial charge in [-0.1, -0.05) is 152 Å². The fraction of sp³-hybridized carbons (Fsp3) is 0.227. The molecule has 0 aliphatic heterocycles. The van der Waals surface area contributed by atoms with Crippen molar-refractivity contribution >= 4 is 90.5 Å². The Labute approximate surface area is 791 Å². The molecule has 37 heteroatoms. The molecule has 0 spiro atoms. The van der Waals surface area contributed by atoms with Crippen LogP contribution in [-0.4, -0.2) is 57.1 Å². The van der Waals surface area contributed by atoms with Crippen LogP contribution in [0.3, 0.4) is 0 Å². The zero-order valence-corrected chi connectivity index (χ0v) is 79.9. The van der Waals surface area contributed by atoms with Crippen LogP contribution >= 0.6 is 27.5 Å². The number of carbonyl (C=O) groups is 1. The summed E-state index contributed by atoms with van der Waals surface area (Å²) in [7, 11) is 0. The van der Waals surface area contributed by atoms with Crippen molar-refractivity contribution in [3.8, 4) is 39.8 Å². The van der Waals surface area contributed by atoms with Crippen molar-refractivity contribution in [2.75, 3.05) is 11.1 Å². The van der Waals surface area contributed by atoms with Gasteiger partial charge in [0.25, 0.3) is 17.1 Å². The van der Waals surface area contributed by atoms with E-state index in [1.807, 2.05) is 126 Å². The molecule has 8 aromatic heterocycles. The molecule has 666 valence electrons. The number of nitro groups is 3. The molecule has 0 aliphatic rings. The number of rotatable bonds is 11. The molecule has 13 aromatic rings. The monoisotopic (exact) mass is 2050 g/mol. The minimum absolute atomic E-state index is 0. The predicted molar refractivity (Wildman–Crippen MR) is 458 cm³/mol. The van der Waals surface area contributed by atoms with Gasteiger partial charge < -0.3 is 62.4 Å². The molecule has 0 aliphatic carbocycles. The summed E-state index contributed by atoms with van der Waals surface area (Å²) in [5.74, 6) is -0.785. The van der Waals surface area contributed by atoms with Crippen LogP contribution in [0.2, 0.25) is 0 Å². The summed E-state index contributed by atoms with van der Waals surface area (Å²) < 4.78 is 158. The number of nitro benzene ring substituents is 3. The Balaban J connectivity index is -0.000000679. The molecular formula is C88H92Br2ClF12N11O9Y2-2. The number of benzene rings is 5. The van der Waals surface area contributed by atoms with E-state index in [0.717, 1.165) is 58.3 Å². The molecule has 0 atom stereocenters.